The number of hydrogen-bond acceptors (Lipinski definition) is 5. The lowest BCUT2D eigenvalue weighted by molar-refractivity contribution is 0.0586. The Bertz CT molecular complexity index is 746. The molecule has 2 aromatic rings. The van der Waals surface area contributed by atoms with Gasteiger partial charge in [-0.25, -0.2) is 4.98 Å². The second kappa shape index (κ2) is 6.26. The molecule has 0 atom stereocenters. The van der Waals surface area contributed by atoms with Crippen LogP contribution < -0.4 is 0 Å². The number of carbonyl (C=O) groups is 1. The zero-order valence-corrected chi connectivity index (χ0v) is 13.6. The van der Waals surface area contributed by atoms with Crippen LogP contribution in [0.4, 0.5) is 0 Å². The van der Waals surface area contributed by atoms with Crippen molar-refractivity contribution >= 4 is 17.1 Å². The van der Waals surface area contributed by atoms with Crippen molar-refractivity contribution < 1.29 is 9.53 Å². The molecule has 4 nitrogen and oxygen atoms in total. The molecule has 23 heavy (non-hydrogen) atoms. The van der Waals surface area contributed by atoms with Crippen molar-refractivity contribution in [3.8, 4) is 10.6 Å². The smallest absolute Gasteiger partial charge is 0.202 e. The number of ether oxygens (including phenoxy) is 1. The summed E-state index contributed by atoms with van der Waals surface area (Å²) in [5.74, 6) is 0.150. The molecule has 0 saturated carbocycles. The van der Waals surface area contributed by atoms with Crippen LogP contribution in [0.25, 0.3) is 10.6 Å². The normalized spacial score (nSPS) is 19.9. The van der Waals surface area contributed by atoms with Gasteiger partial charge in [0.15, 0.2) is 0 Å². The molecule has 0 bridgehead atoms. The fraction of sp³-hybridized carbons (Fsp3) is 0.333. The molecule has 1 fully saturated rings. The number of aromatic nitrogens is 1. The minimum absolute atomic E-state index is 0.150. The lowest BCUT2D eigenvalue weighted by Gasteiger charge is -2.26. The van der Waals surface area contributed by atoms with Gasteiger partial charge in [-0.2, -0.15) is 0 Å². The second-order valence-corrected chi connectivity index (χ2v) is 6.79. The number of fused-ring (bicyclic) bond motifs is 1. The summed E-state index contributed by atoms with van der Waals surface area (Å²) in [7, 11) is 0. The molecule has 1 saturated heterocycles. The first-order valence-electron chi connectivity index (χ1n) is 7.93. The molecule has 5 heteroatoms. The predicted octanol–water partition coefficient (Wildman–Crippen LogP) is 3.16. The van der Waals surface area contributed by atoms with Crippen molar-refractivity contribution in [1.29, 1.82) is 0 Å². The van der Waals surface area contributed by atoms with E-state index in [0.29, 0.717) is 0 Å². The molecule has 0 unspecified atom stereocenters. The van der Waals surface area contributed by atoms with Crippen LogP contribution in [0, 0.1) is 0 Å². The Labute approximate surface area is 139 Å². The van der Waals surface area contributed by atoms with Gasteiger partial charge < -0.3 is 9.64 Å². The number of aryl methyl sites for hydroxylation is 1. The Hall–Kier alpha value is -1.98. The maximum Gasteiger partial charge on any atom is 0.202 e. The number of hydrogen-bond donors (Lipinski definition) is 0. The van der Waals surface area contributed by atoms with Gasteiger partial charge in [0.05, 0.1) is 23.8 Å². The molecule has 0 radical (unpaired) electrons. The van der Waals surface area contributed by atoms with Crippen molar-refractivity contribution in [1.82, 2.24) is 9.88 Å². The minimum Gasteiger partial charge on any atom is -0.378 e. The Kier molecular flexibility index (Phi) is 3.97. The molecule has 0 N–H and O–H groups in total. The summed E-state index contributed by atoms with van der Waals surface area (Å²) >= 11 is 1.52. The largest absolute Gasteiger partial charge is 0.378 e. The number of nitrogens with zero attached hydrogens (tertiary/aromatic N) is 2. The highest BCUT2D eigenvalue weighted by molar-refractivity contribution is 7.17. The van der Waals surface area contributed by atoms with E-state index in [4.69, 9.17) is 4.74 Å². The van der Waals surface area contributed by atoms with E-state index in [1.165, 1.54) is 11.3 Å². The molecule has 1 aliphatic heterocycles. The fourth-order valence-electron chi connectivity index (χ4n) is 2.97. The molecule has 1 aliphatic carbocycles. The number of morpholine rings is 1. The Balaban J connectivity index is 1.61. The van der Waals surface area contributed by atoms with E-state index in [2.05, 4.69) is 9.88 Å². The first kappa shape index (κ1) is 14.6. The fourth-order valence-corrected chi connectivity index (χ4v) is 4.06. The molecule has 2 aliphatic rings. The summed E-state index contributed by atoms with van der Waals surface area (Å²) in [4.78, 5) is 20.5. The second-order valence-electron chi connectivity index (χ2n) is 5.79. The molecule has 2 heterocycles. The molecule has 118 valence electrons. The highest BCUT2D eigenvalue weighted by atomic mass is 32.1. The van der Waals surface area contributed by atoms with Crippen LogP contribution in [0.2, 0.25) is 0 Å². The first-order chi connectivity index (χ1) is 11.3. The highest BCUT2D eigenvalue weighted by Crippen LogP contribution is 2.34. The van der Waals surface area contributed by atoms with Gasteiger partial charge in [-0.3, -0.25) is 4.79 Å². The van der Waals surface area contributed by atoms with Crippen molar-refractivity contribution in [2.75, 3.05) is 26.3 Å². The van der Waals surface area contributed by atoms with E-state index >= 15 is 0 Å². The average Bonchev–Trinajstić information content (AvgIpc) is 3.04. The third-order valence-corrected chi connectivity index (χ3v) is 5.38. The monoisotopic (exact) mass is 326 g/mol. The zero-order valence-electron chi connectivity index (χ0n) is 12.8. The first-order valence-corrected chi connectivity index (χ1v) is 8.75. The quantitative estimate of drug-likeness (QED) is 0.795. The zero-order chi connectivity index (χ0) is 15.6. The summed E-state index contributed by atoms with van der Waals surface area (Å²) in [6.07, 6.45) is 3.66. The molecule has 1 aromatic carbocycles. The lowest BCUT2D eigenvalue weighted by atomic mass is 9.96. The number of ketones is 1. The predicted molar refractivity (Wildman–Crippen MR) is 90.7 cm³/mol. The van der Waals surface area contributed by atoms with Crippen LogP contribution in [0.1, 0.15) is 21.8 Å². The van der Waals surface area contributed by atoms with Crippen LogP contribution in [-0.4, -0.2) is 42.0 Å². The van der Waals surface area contributed by atoms with E-state index in [0.717, 1.165) is 65.9 Å². The van der Waals surface area contributed by atoms with Gasteiger partial charge in [0, 0.05) is 30.4 Å². The summed E-state index contributed by atoms with van der Waals surface area (Å²) in [5, 5.41) is 0.941. The Morgan fingerprint density at radius 2 is 1.91 bits per heavy atom. The van der Waals surface area contributed by atoms with Gasteiger partial charge in [0.2, 0.25) is 5.78 Å². The van der Waals surface area contributed by atoms with Crippen molar-refractivity contribution in [3.63, 3.8) is 0 Å². The maximum absolute atomic E-state index is 12.8. The minimum atomic E-state index is 0.150. The van der Waals surface area contributed by atoms with Gasteiger partial charge >= 0.3 is 0 Å². The maximum atomic E-state index is 12.8. The van der Waals surface area contributed by atoms with Crippen molar-refractivity contribution in [2.45, 2.75) is 12.8 Å². The van der Waals surface area contributed by atoms with Crippen molar-refractivity contribution in [2.24, 2.45) is 0 Å². The Morgan fingerprint density at radius 3 is 2.70 bits per heavy atom. The van der Waals surface area contributed by atoms with Gasteiger partial charge in [0.1, 0.15) is 5.01 Å². The SMILES string of the molecule is O=C1C(=CN2CCOCC2)CCc2nc(-c3ccccc3)sc21. The number of rotatable bonds is 2. The molecule has 1 aromatic heterocycles. The lowest BCUT2D eigenvalue weighted by Crippen LogP contribution is -2.33. The Morgan fingerprint density at radius 1 is 1.13 bits per heavy atom. The number of thiazole rings is 1. The summed E-state index contributed by atoms with van der Waals surface area (Å²) in [6, 6.07) is 10.1. The molecule has 0 amide bonds. The van der Waals surface area contributed by atoms with Gasteiger partial charge in [-0.15, -0.1) is 11.3 Å². The average molecular weight is 326 g/mol. The van der Waals surface area contributed by atoms with Crippen LogP contribution >= 0.6 is 11.3 Å². The van der Waals surface area contributed by atoms with Gasteiger partial charge in [-0.1, -0.05) is 30.3 Å². The van der Waals surface area contributed by atoms with Crippen LogP contribution in [0.3, 0.4) is 0 Å². The van der Waals surface area contributed by atoms with Gasteiger partial charge in [-0.05, 0) is 12.8 Å². The summed E-state index contributed by atoms with van der Waals surface area (Å²) in [6.45, 7) is 3.20. The summed E-state index contributed by atoms with van der Waals surface area (Å²) < 4.78 is 5.36. The summed E-state index contributed by atoms with van der Waals surface area (Å²) in [5.41, 5.74) is 2.94. The number of benzene rings is 1. The van der Waals surface area contributed by atoms with Crippen LogP contribution in [-0.2, 0) is 11.2 Å². The highest BCUT2D eigenvalue weighted by Gasteiger charge is 2.27. The number of Topliss-reactive ketones (excluding diaryl/α,β-unsaturated/α-hetero) is 1. The van der Waals surface area contributed by atoms with Crippen LogP contribution in [0.5, 0.6) is 0 Å². The third-order valence-electron chi connectivity index (χ3n) is 4.23. The van der Waals surface area contributed by atoms with E-state index in [1.807, 2.05) is 36.5 Å². The van der Waals surface area contributed by atoms with Crippen molar-refractivity contribution in [3.05, 3.63) is 52.7 Å². The van der Waals surface area contributed by atoms with E-state index in [9.17, 15) is 4.79 Å². The standard InChI is InChI=1S/C18H18N2O2S/c21-16-14(12-20-8-10-22-11-9-20)6-7-15-17(16)23-18(19-15)13-4-2-1-3-5-13/h1-5,12H,6-11H2. The van der Waals surface area contributed by atoms with Gasteiger partial charge in [0.25, 0.3) is 0 Å². The van der Waals surface area contributed by atoms with Crippen LogP contribution in [0.15, 0.2) is 42.1 Å². The number of allylic oxidation sites excluding steroid dienone is 1. The molecular weight excluding hydrogens is 308 g/mol. The third kappa shape index (κ3) is 2.94. The molecule has 0 spiro atoms. The molecule has 4 rings (SSSR count). The topological polar surface area (TPSA) is 42.4 Å². The van der Waals surface area contributed by atoms with E-state index < -0.39 is 0 Å². The number of carbonyl (C=O) groups excluding carboxylic acids is 1. The van der Waals surface area contributed by atoms with E-state index in [-0.39, 0.29) is 5.78 Å². The van der Waals surface area contributed by atoms with E-state index in [1.54, 1.807) is 0 Å². The molecular formula is C18H18N2O2S.